The van der Waals surface area contributed by atoms with E-state index in [9.17, 15) is 4.79 Å². The Hall–Kier alpha value is -2.81. The van der Waals surface area contributed by atoms with Gasteiger partial charge in [0.25, 0.3) is 5.91 Å². The predicted molar refractivity (Wildman–Crippen MR) is 113 cm³/mol. The number of allylic oxidation sites excluding steroid dienone is 3. The first kappa shape index (κ1) is 19.0. The number of carbonyl (C=O) groups excluding carboxylic acids is 1. The predicted octanol–water partition coefficient (Wildman–Crippen LogP) is 5.58. The molecule has 3 nitrogen and oxygen atoms in total. The zero-order valence-corrected chi connectivity index (χ0v) is 16.8. The van der Waals surface area contributed by atoms with Gasteiger partial charge in [0, 0.05) is 28.6 Å². The molecule has 0 bridgehead atoms. The van der Waals surface area contributed by atoms with Crippen molar-refractivity contribution in [1.82, 2.24) is 5.32 Å². The van der Waals surface area contributed by atoms with Crippen LogP contribution >= 0.6 is 0 Å². The third-order valence-electron chi connectivity index (χ3n) is 5.36. The number of rotatable bonds is 4. The van der Waals surface area contributed by atoms with E-state index in [-0.39, 0.29) is 11.8 Å². The first-order chi connectivity index (χ1) is 12.9. The van der Waals surface area contributed by atoms with Gasteiger partial charge in [-0.25, -0.2) is 0 Å². The molecule has 0 unspecified atom stereocenters. The Morgan fingerprint density at radius 2 is 1.56 bits per heavy atom. The highest BCUT2D eigenvalue weighted by Crippen LogP contribution is 2.39. The Morgan fingerprint density at radius 1 is 0.926 bits per heavy atom. The number of amides is 1. The van der Waals surface area contributed by atoms with Crippen molar-refractivity contribution in [2.75, 3.05) is 5.32 Å². The minimum Gasteiger partial charge on any atom is -0.362 e. The maximum atomic E-state index is 13.2. The first-order valence-corrected chi connectivity index (χ1v) is 9.55. The van der Waals surface area contributed by atoms with Crippen molar-refractivity contribution in [1.29, 1.82) is 0 Å². The van der Waals surface area contributed by atoms with E-state index >= 15 is 0 Å². The molecule has 0 saturated heterocycles. The molecule has 1 atom stereocenters. The molecule has 0 spiro atoms. The van der Waals surface area contributed by atoms with Gasteiger partial charge in [-0.1, -0.05) is 49.4 Å². The molecule has 0 aromatic heterocycles. The van der Waals surface area contributed by atoms with Crippen LogP contribution in [0, 0.1) is 19.8 Å². The largest absolute Gasteiger partial charge is 0.362 e. The smallest absolute Gasteiger partial charge is 0.253 e. The summed E-state index contributed by atoms with van der Waals surface area (Å²) in [6.07, 6.45) is 0.872. The average molecular weight is 361 g/mol. The molecule has 3 rings (SSSR count). The number of benzene rings is 2. The van der Waals surface area contributed by atoms with Crippen LogP contribution in [0.15, 0.2) is 65.5 Å². The number of hydrogen-bond donors (Lipinski definition) is 2. The second-order valence-corrected chi connectivity index (χ2v) is 7.25. The van der Waals surface area contributed by atoms with Crippen molar-refractivity contribution in [3.8, 4) is 0 Å². The SMILES string of the molecule is CC[C@@H]1C(C(=O)Nc2ccccc2C)=C(C)NC(C)=C1c1ccccc1C. The maximum absolute atomic E-state index is 13.2. The van der Waals surface area contributed by atoms with E-state index in [2.05, 4.69) is 55.7 Å². The molecular weight excluding hydrogens is 332 g/mol. The van der Waals surface area contributed by atoms with Crippen LogP contribution in [0.3, 0.4) is 0 Å². The number of aryl methyl sites for hydroxylation is 2. The Balaban J connectivity index is 2.00. The normalized spacial score (nSPS) is 17.0. The molecule has 2 aromatic rings. The molecule has 1 heterocycles. The van der Waals surface area contributed by atoms with Gasteiger partial charge in [0.2, 0.25) is 0 Å². The molecule has 2 N–H and O–H groups in total. The van der Waals surface area contributed by atoms with Gasteiger partial charge in [-0.15, -0.1) is 0 Å². The summed E-state index contributed by atoms with van der Waals surface area (Å²) in [7, 11) is 0. The van der Waals surface area contributed by atoms with E-state index in [1.807, 2.05) is 38.1 Å². The van der Waals surface area contributed by atoms with Gasteiger partial charge < -0.3 is 10.6 Å². The molecule has 0 fully saturated rings. The topological polar surface area (TPSA) is 41.1 Å². The monoisotopic (exact) mass is 360 g/mol. The Kier molecular flexibility index (Phi) is 5.50. The Morgan fingerprint density at radius 3 is 2.19 bits per heavy atom. The van der Waals surface area contributed by atoms with E-state index in [1.165, 1.54) is 16.7 Å². The fourth-order valence-electron chi connectivity index (χ4n) is 3.99. The Bertz CT molecular complexity index is 937. The highest BCUT2D eigenvalue weighted by Gasteiger charge is 2.31. The van der Waals surface area contributed by atoms with Crippen LogP contribution in [0.4, 0.5) is 5.69 Å². The van der Waals surface area contributed by atoms with E-state index in [0.717, 1.165) is 34.6 Å². The molecule has 140 valence electrons. The molecule has 27 heavy (non-hydrogen) atoms. The highest BCUT2D eigenvalue weighted by molar-refractivity contribution is 6.07. The van der Waals surface area contributed by atoms with Gasteiger partial charge >= 0.3 is 0 Å². The molecular formula is C24H28N2O. The van der Waals surface area contributed by atoms with Gasteiger partial charge in [0.15, 0.2) is 0 Å². The second kappa shape index (κ2) is 7.83. The molecule has 1 aliphatic rings. The lowest BCUT2D eigenvalue weighted by molar-refractivity contribution is -0.113. The molecule has 3 heteroatoms. The van der Waals surface area contributed by atoms with Crippen LogP contribution in [0.1, 0.15) is 43.9 Å². The van der Waals surface area contributed by atoms with E-state index in [0.29, 0.717) is 0 Å². The summed E-state index contributed by atoms with van der Waals surface area (Å²) in [5.74, 6) is 0.0381. The fourth-order valence-corrected chi connectivity index (χ4v) is 3.99. The summed E-state index contributed by atoms with van der Waals surface area (Å²) in [6, 6.07) is 16.3. The molecule has 0 radical (unpaired) electrons. The van der Waals surface area contributed by atoms with Crippen molar-refractivity contribution in [3.63, 3.8) is 0 Å². The highest BCUT2D eigenvalue weighted by atomic mass is 16.1. The number of anilines is 1. The first-order valence-electron chi connectivity index (χ1n) is 9.55. The van der Waals surface area contributed by atoms with Crippen molar-refractivity contribution in [2.24, 2.45) is 5.92 Å². The van der Waals surface area contributed by atoms with Crippen LogP contribution in [0.25, 0.3) is 5.57 Å². The lowest BCUT2D eigenvalue weighted by Crippen LogP contribution is -2.31. The van der Waals surface area contributed by atoms with Crippen LogP contribution < -0.4 is 10.6 Å². The zero-order chi connectivity index (χ0) is 19.6. The van der Waals surface area contributed by atoms with E-state index in [4.69, 9.17) is 0 Å². The number of hydrogen-bond acceptors (Lipinski definition) is 2. The summed E-state index contributed by atoms with van der Waals surface area (Å²) < 4.78 is 0. The number of dihydropyridines is 1. The number of nitrogens with one attached hydrogen (secondary N) is 2. The summed E-state index contributed by atoms with van der Waals surface area (Å²) in [5.41, 5.74) is 8.46. The molecule has 0 saturated carbocycles. The summed E-state index contributed by atoms with van der Waals surface area (Å²) >= 11 is 0. The van der Waals surface area contributed by atoms with Crippen LogP contribution in [0.5, 0.6) is 0 Å². The third-order valence-corrected chi connectivity index (χ3v) is 5.36. The average Bonchev–Trinajstić information content (AvgIpc) is 2.63. The van der Waals surface area contributed by atoms with Crippen molar-refractivity contribution in [2.45, 2.75) is 41.0 Å². The van der Waals surface area contributed by atoms with Crippen LogP contribution in [-0.4, -0.2) is 5.91 Å². The second-order valence-electron chi connectivity index (χ2n) is 7.25. The Labute approximate surface area is 162 Å². The molecule has 1 aliphatic heterocycles. The summed E-state index contributed by atoms with van der Waals surface area (Å²) in [4.78, 5) is 13.2. The quantitative estimate of drug-likeness (QED) is 0.747. The standard InChI is InChI=1S/C24H28N2O/c1-6-19-22(20-13-9-7-11-15(20)2)17(4)25-18(5)23(19)24(27)26-21-14-10-8-12-16(21)3/h7-14,19,25H,6H2,1-5H3,(H,26,27)/t19-/m0/s1. The molecule has 2 aromatic carbocycles. The molecule has 0 aliphatic carbocycles. The van der Waals surface area contributed by atoms with Crippen molar-refractivity contribution < 1.29 is 4.79 Å². The maximum Gasteiger partial charge on any atom is 0.253 e. The minimum absolute atomic E-state index is 0.0280. The van der Waals surface area contributed by atoms with E-state index in [1.54, 1.807) is 0 Å². The van der Waals surface area contributed by atoms with Gasteiger partial charge in [-0.3, -0.25) is 4.79 Å². The fraction of sp³-hybridized carbons (Fsp3) is 0.292. The lowest BCUT2D eigenvalue weighted by atomic mass is 9.79. The minimum atomic E-state index is -0.0280. The van der Waals surface area contributed by atoms with Gasteiger partial charge in [-0.2, -0.15) is 0 Å². The van der Waals surface area contributed by atoms with Crippen LogP contribution in [-0.2, 0) is 4.79 Å². The summed E-state index contributed by atoms with van der Waals surface area (Å²) in [5, 5.41) is 6.57. The zero-order valence-electron chi connectivity index (χ0n) is 16.8. The van der Waals surface area contributed by atoms with Crippen molar-refractivity contribution in [3.05, 3.63) is 82.2 Å². The number of para-hydroxylation sites is 1. The third kappa shape index (κ3) is 3.68. The molecule has 1 amide bonds. The number of carbonyl (C=O) groups is 1. The van der Waals surface area contributed by atoms with Gasteiger partial charge in [-0.05, 0) is 62.4 Å². The lowest BCUT2D eigenvalue weighted by Gasteiger charge is -2.32. The van der Waals surface area contributed by atoms with Gasteiger partial charge in [0.1, 0.15) is 0 Å². The van der Waals surface area contributed by atoms with Crippen molar-refractivity contribution >= 4 is 17.2 Å². The van der Waals surface area contributed by atoms with Crippen LogP contribution in [0.2, 0.25) is 0 Å². The summed E-state index contributed by atoms with van der Waals surface area (Å²) in [6.45, 7) is 10.4. The van der Waals surface area contributed by atoms with Gasteiger partial charge in [0.05, 0.1) is 0 Å². The van der Waals surface area contributed by atoms with E-state index < -0.39 is 0 Å².